The Hall–Kier alpha value is -3.00. The zero-order chi connectivity index (χ0) is 19.4. The molecular weight excluding hydrogens is 417 g/mol. The predicted molar refractivity (Wildman–Crippen MR) is 101 cm³/mol. The predicted octanol–water partition coefficient (Wildman–Crippen LogP) is 3.88. The molecule has 0 aliphatic heterocycles. The van der Waals surface area contributed by atoms with Crippen LogP contribution in [0.5, 0.6) is 0 Å². The molecule has 3 aromatic rings. The maximum absolute atomic E-state index is 13.1. The van der Waals surface area contributed by atoms with Gasteiger partial charge < -0.3 is 10.1 Å². The molecule has 0 bridgehead atoms. The number of anilines is 1. The van der Waals surface area contributed by atoms with Crippen LogP contribution in [0, 0.1) is 12.7 Å². The molecule has 1 aromatic heterocycles. The number of esters is 1. The highest BCUT2D eigenvalue weighted by molar-refractivity contribution is 9.10. The lowest BCUT2D eigenvalue weighted by molar-refractivity contribution is -0.119. The van der Waals surface area contributed by atoms with Crippen LogP contribution in [0.2, 0.25) is 0 Å². The number of nitrogens with one attached hydrogen (secondary N) is 1. The average molecular weight is 432 g/mol. The summed E-state index contributed by atoms with van der Waals surface area (Å²) in [7, 11) is 0. The molecule has 0 aliphatic carbocycles. The molecule has 1 N–H and O–H groups in total. The van der Waals surface area contributed by atoms with Gasteiger partial charge in [-0.1, -0.05) is 15.9 Å². The van der Waals surface area contributed by atoms with Crippen molar-refractivity contribution in [1.82, 2.24) is 9.55 Å². The van der Waals surface area contributed by atoms with Crippen LogP contribution in [-0.4, -0.2) is 28.0 Å². The highest BCUT2D eigenvalue weighted by atomic mass is 79.9. The summed E-state index contributed by atoms with van der Waals surface area (Å²) >= 11 is 3.35. The maximum atomic E-state index is 13.1. The van der Waals surface area contributed by atoms with Crippen molar-refractivity contribution in [2.75, 3.05) is 11.9 Å². The van der Waals surface area contributed by atoms with Crippen LogP contribution in [0.15, 0.2) is 59.5 Å². The second kappa shape index (κ2) is 8.13. The Morgan fingerprint density at radius 3 is 2.67 bits per heavy atom. The minimum Gasteiger partial charge on any atom is -0.451 e. The first kappa shape index (κ1) is 18.8. The number of carbonyl (C=O) groups excluding carboxylic acids is 2. The van der Waals surface area contributed by atoms with Gasteiger partial charge in [0.05, 0.1) is 12.5 Å². The van der Waals surface area contributed by atoms with Crippen LogP contribution in [0.3, 0.4) is 0 Å². The Bertz CT molecular complexity index is 986. The molecule has 0 spiro atoms. The van der Waals surface area contributed by atoms with Gasteiger partial charge in [-0.15, -0.1) is 0 Å². The van der Waals surface area contributed by atoms with Gasteiger partial charge in [-0.05, 0) is 55.0 Å². The summed E-state index contributed by atoms with van der Waals surface area (Å²) < 4.78 is 20.5. The van der Waals surface area contributed by atoms with E-state index in [9.17, 15) is 14.0 Å². The average Bonchev–Trinajstić information content (AvgIpc) is 3.12. The van der Waals surface area contributed by atoms with Crippen LogP contribution < -0.4 is 5.32 Å². The molecule has 0 atom stereocenters. The van der Waals surface area contributed by atoms with E-state index < -0.39 is 18.5 Å². The lowest BCUT2D eigenvalue weighted by atomic mass is 10.2. The van der Waals surface area contributed by atoms with E-state index in [1.807, 2.05) is 13.0 Å². The van der Waals surface area contributed by atoms with E-state index in [-0.39, 0.29) is 11.5 Å². The van der Waals surface area contributed by atoms with Gasteiger partial charge in [-0.25, -0.2) is 14.2 Å². The molecule has 0 unspecified atom stereocenters. The summed E-state index contributed by atoms with van der Waals surface area (Å²) in [6.07, 6.45) is 2.73. The van der Waals surface area contributed by atoms with Crippen molar-refractivity contribution in [3.63, 3.8) is 0 Å². The van der Waals surface area contributed by atoms with Gasteiger partial charge in [0.25, 0.3) is 5.91 Å². The summed E-state index contributed by atoms with van der Waals surface area (Å²) in [4.78, 5) is 28.3. The number of nitrogens with zero attached hydrogens (tertiary/aromatic N) is 2. The number of aryl methyl sites for hydroxylation is 1. The number of hydrogen-bond acceptors (Lipinski definition) is 4. The van der Waals surface area contributed by atoms with Crippen molar-refractivity contribution in [2.45, 2.75) is 6.92 Å². The first-order chi connectivity index (χ1) is 12.9. The Morgan fingerprint density at radius 1 is 1.22 bits per heavy atom. The molecule has 0 saturated carbocycles. The first-order valence-electron chi connectivity index (χ1n) is 7.95. The molecule has 3 rings (SSSR count). The summed E-state index contributed by atoms with van der Waals surface area (Å²) in [6, 6.07) is 11.0. The number of ether oxygens (including phenoxy) is 1. The van der Waals surface area contributed by atoms with Crippen LogP contribution in [0.4, 0.5) is 10.1 Å². The molecule has 2 aromatic carbocycles. The van der Waals surface area contributed by atoms with Crippen molar-refractivity contribution in [3.05, 3.63) is 76.5 Å². The van der Waals surface area contributed by atoms with Crippen LogP contribution >= 0.6 is 15.9 Å². The smallest absolute Gasteiger partial charge is 0.357 e. The molecule has 0 radical (unpaired) electrons. The van der Waals surface area contributed by atoms with Crippen LogP contribution in [-0.2, 0) is 9.53 Å². The summed E-state index contributed by atoms with van der Waals surface area (Å²) in [5.74, 6) is -1.55. The fourth-order valence-corrected chi connectivity index (χ4v) is 2.89. The maximum Gasteiger partial charge on any atom is 0.357 e. The highest BCUT2D eigenvalue weighted by Gasteiger charge is 2.16. The van der Waals surface area contributed by atoms with Crippen molar-refractivity contribution in [3.8, 4) is 5.69 Å². The topological polar surface area (TPSA) is 73.2 Å². The van der Waals surface area contributed by atoms with Crippen molar-refractivity contribution >= 4 is 33.5 Å². The van der Waals surface area contributed by atoms with E-state index in [2.05, 4.69) is 26.2 Å². The van der Waals surface area contributed by atoms with Crippen molar-refractivity contribution in [2.24, 2.45) is 0 Å². The number of aromatic nitrogens is 2. The van der Waals surface area contributed by atoms with Gasteiger partial charge in [0.1, 0.15) is 5.82 Å². The highest BCUT2D eigenvalue weighted by Crippen LogP contribution is 2.20. The minimum absolute atomic E-state index is 0.134. The van der Waals surface area contributed by atoms with Gasteiger partial charge in [-0.3, -0.25) is 9.36 Å². The van der Waals surface area contributed by atoms with Gasteiger partial charge in [0, 0.05) is 15.8 Å². The summed E-state index contributed by atoms with van der Waals surface area (Å²) in [5, 5.41) is 2.69. The number of rotatable bonds is 5. The Kier molecular flexibility index (Phi) is 5.66. The van der Waals surface area contributed by atoms with Crippen molar-refractivity contribution < 1.29 is 18.7 Å². The van der Waals surface area contributed by atoms with Gasteiger partial charge in [0.2, 0.25) is 0 Å². The molecule has 27 heavy (non-hydrogen) atoms. The van der Waals surface area contributed by atoms with E-state index in [0.29, 0.717) is 11.4 Å². The first-order valence-corrected chi connectivity index (χ1v) is 8.75. The van der Waals surface area contributed by atoms with Crippen LogP contribution in [0.1, 0.15) is 16.1 Å². The van der Waals surface area contributed by atoms with Crippen LogP contribution in [0.25, 0.3) is 5.69 Å². The van der Waals surface area contributed by atoms with Gasteiger partial charge in [0.15, 0.2) is 12.3 Å². The second-order valence-corrected chi connectivity index (χ2v) is 6.62. The second-order valence-electron chi connectivity index (χ2n) is 5.71. The van der Waals surface area contributed by atoms with E-state index in [0.717, 1.165) is 10.0 Å². The molecule has 8 heteroatoms. The summed E-state index contributed by atoms with van der Waals surface area (Å²) in [5.41, 5.74) is 2.19. The molecule has 1 amide bonds. The van der Waals surface area contributed by atoms with Gasteiger partial charge in [-0.2, -0.15) is 0 Å². The lowest BCUT2D eigenvalue weighted by Gasteiger charge is -2.10. The Labute approximate surface area is 163 Å². The molecule has 0 saturated heterocycles. The summed E-state index contributed by atoms with van der Waals surface area (Å²) in [6.45, 7) is 1.41. The number of imidazole rings is 1. The quantitative estimate of drug-likeness (QED) is 0.622. The third-order valence-corrected chi connectivity index (χ3v) is 4.24. The number of benzene rings is 2. The van der Waals surface area contributed by atoms with Crippen molar-refractivity contribution in [1.29, 1.82) is 0 Å². The fraction of sp³-hybridized carbons (Fsp3) is 0.105. The normalized spacial score (nSPS) is 10.5. The molecule has 138 valence electrons. The number of hydrogen-bond donors (Lipinski definition) is 1. The van der Waals surface area contributed by atoms with E-state index >= 15 is 0 Å². The zero-order valence-electron chi connectivity index (χ0n) is 14.3. The Morgan fingerprint density at radius 2 is 1.96 bits per heavy atom. The molecular formula is C19H15BrFN3O3. The lowest BCUT2D eigenvalue weighted by Crippen LogP contribution is -2.22. The SMILES string of the molecule is Cc1cc(Br)ccc1NC(=O)COC(=O)c1cncn1-c1ccc(F)cc1. The van der Waals surface area contributed by atoms with E-state index in [4.69, 9.17) is 4.74 Å². The molecule has 0 aliphatic rings. The number of halogens is 2. The third-order valence-electron chi connectivity index (χ3n) is 3.75. The number of carbonyl (C=O) groups is 2. The molecule has 6 nitrogen and oxygen atoms in total. The molecule has 0 fully saturated rings. The third kappa shape index (κ3) is 4.59. The monoisotopic (exact) mass is 431 g/mol. The zero-order valence-corrected chi connectivity index (χ0v) is 15.9. The minimum atomic E-state index is -0.709. The molecule has 1 heterocycles. The fourth-order valence-electron chi connectivity index (χ4n) is 2.41. The largest absolute Gasteiger partial charge is 0.451 e. The Balaban J connectivity index is 1.64. The van der Waals surface area contributed by atoms with E-state index in [1.54, 1.807) is 12.1 Å². The standard InChI is InChI=1S/C19H15BrFN3O3/c1-12-8-13(20)2-7-16(12)23-18(25)10-27-19(26)17-9-22-11-24(17)15-5-3-14(21)4-6-15/h2-9,11H,10H2,1H3,(H,23,25). The van der Waals surface area contributed by atoms with Gasteiger partial charge >= 0.3 is 5.97 Å². The van der Waals surface area contributed by atoms with E-state index in [1.165, 1.54) is 41.4 Å². The number of amides is 1.